The summed E-state index contributed by atoms with van der Waals surface area (Å²) in [6.45, 7) is 8.46. The normalized spacial score (nSPS) is 15.2. The van der Waals surface area contributed by atoms with E-state index in [1.165, 1.54) is 5.56 Å². The van der Waals surface area contributed by atoms with Crippen molar-refractivity contribution >= 4 is 11.6 Å². The SMILES string of the molecule is CN=C(NCCc1c(C)noc1C)N1CCN(c2ccccc2OC)CC1. The van der Waals surface area contributed by atoms with Gasteiger partial charge in [-0.25, -0.2) is 0 Å². The minimum Gasteiger partial charge on any atom is -0.495 e. The maximum absolute atomic E-state index is 5.50. The van der Waals surface area contributed by atoms with Crippen LogP contribution in [0.1, 0.15) is 17.0 Å². The minimum atomic E-state index is 0.808. The van der Waals surface area contributed by atoms with Crippen molar-refractivity contribution in [3.05, 3.63) is 41.3 Å². The molecule has 1 aromatic carbocycles. The van der Waals surface area contributed by atoms with Crippen molar-refractivity contribution in [3.8, 4) is 5.75 Å². The molecule has 0 saturated carbocycles. The molecular formula is C20H29N5O2. The largest absolute Gasteiger partial charge is 0.495 e. The highest BCUT2D eigenvalue weighted by Gasteiger charge is 2.21. The van der Waals surface area contributed by atoms with E-state index in [1.54, 1.807) is 7.11 Å². The first-order chi connectivity index (χ1) is 13.1. The molecule has 0 aliphatic carbocycles. The molecular weight excluding hydrogens is 342 g/mol. The van der Waals surface area contributed by atoms with Crippen molar-refractivity contribution in [2.75, 3.05) is 51.8 Å². The van der Waals surface area contributed by atoms with Crippen molar-refractivity contribution in [1.82, 2.24) is 15.4 Å². The van der Waals surface area contributed by atoms with Gasteiger partial charge >= 0.3 is 0 Å². The molecule has 1 fully saturated rings. The predicted molar refractivity (Wildman–Crippen MR) is 108 cm³/mol. The van der Waals surface area contributed by atoms with Gasteiger partial charge in [0.05, 0.1) is 18.5 Å². The van der Waals surface area contributed by atoms with Crippen LogP contribution in [0.2, 0.25) is 0 Å². The van der Waals surface area contributed by atoms with Gasteiger partial charge in [-0.3, -0.25) is 4.99 Å². The van der Waals surface area contributed by atoms with Gasteiger partial charge in [0.25, 0.3) is 0 Å². The summed E-state index contributed by atoms with van der Waals surface area (Å²) in [7, 11) is 3.56. The van der Waals surface area contributed by atoms with E-state index in [1.807, 2.05) is 33.0 Å². The lowest BCUT2D eigenvalue weighted by atomic mass is 10.1. The van der Waals surface area contributed by atoms with Gasteiger partial charge in [0.2, 0.25) is 0 Å². The molecule has 2 heterocycles. The number of hydrogen-bond acceptors (Lipinski definition) is 5. The Balaban J connectivity index is 1.53. The number of methoxy groups -OCH3 is 1. The van der Waals surface area contributed by atoms with Gasteiger partial charge in [-0.15, -0.1) is 0 Å². The van der Waals surface area contributed by atoms with Crippen LogP contribution in [-0.2, 0) is 6.42 Å². The average Bonchev–Trinajstić information content (AvgIpc) is 3.03. The second-order valence-electron chi connectivity index (χ2n) is 6.67. The Bertz CT molecular complexity index is 759. The zero-order chi connectivity index (χ0) is 19.2. The quantitative estimate of drug-likeness (QED) is 0.642. The topological polar surface area (TPSA) is 66.1 Å². The first-order valence-electron chi connectivity index (χ1n) is 9.39. The standard InChI is InChI=1S/C20H29N5O2/c1-15-17(16(2)27-23-15)9-10-22-20(21-3)25-13-11-24(12-14-25)18-7-5-6-8-19(18)26-4/h5-8H,9-14H2,1-4H3,(H,21,22). The number of aryl methyl sites for hydroxylation is 2. The fraction of sp³-hybridized carbons (Fsp3) is 0.500. The second kappa shape index (κ2) is 8.79. The molecule has 0 spiro atoms. The number of piperazine rings is 1. The van der Waals surface area contributed by atoms with Gasteiger partial charge in [-0.2, -0.15) is 0 Å². The number of nitrogens with one attached hydrogen (secondary N) is 1. The van der Waals surface area contributed by atoms with E-state index >= 15 is 0 Å². The number of aliphatic imine (C=N–C) groups is 1. The van der Waals surface area contributed by atoms with Crippen molar-refractivity contribution in [2.24, 2.45) is 4.99 Å². The minimum absolute atomic E-state index is 0.808. The van der Waals surface area contributed by atoms with Crippen molar-refractivity contribution in [1.29, 1.82) is 0 Å². The third-order valence-electron chi connectivity index (χ3n) is 5.06. The number of aromatic nitrogens is 1. The number of para-hydroxylation sites is 2. The Labute approximate surface area is 161 Å². The van der Waals surface area contributed by atoms with Crippen molar-refractivity contribution < 1.29 is 9.26 Å². The second-order valence-corrected chi connectivity index (χ2v) is 6.67. The molecule has 3 rings (SSSR count). The number of nitrogens with zero attached hydrogens (tertiary/aromatic N) is 4. The monoisotopic (exact) mass is 371 g/mol. The van der Waals surface area contributed by atoms with Crippen molar-refractivity contribution in [3.63, 3.8) is 0 Å². The maximum atomic E-state index is 5.50. The Hall–Kier alpha value is -2.70. The van der Waals surface area contributed by atoms with Gasteiger partial charge < -0.3 is 24.4 Å². The van der Waals surface area contributed by atoms with E-state index in [-0.39, 0.29) is 0 Å². The van der Waals surface area contributed by atoms with Gasteiger partial charge in [0.1, 0.15) is 11.5 Å². The molecule has 0 unspecified atom stereocenters. The van der Waals surface area contributed by atoms with Gasteiger partial charge in [-0.05, 0) is 32.4 Å². The summed E-state index contributed by atoms with van der Waals surface area (Å²) in [6.07, 6.45) is 0.876. The van der Waals surface area contributed by atoms with Gasteiger partial charge in [-0.1, -0.05) is 17.3 Å². The number of ether oxygens (including phenoxy) is 1. The zero-order valence-corrected chi connectivity index (χ0v) is 16.7. The summed E-state index contributed by atoms with van der Waals surface area (Å²) < 4.78 is 10.7. The van der Waals surface area contributed by atoms with Crippen LogP contribution < -0.4 is 15.0 Å². The number of benzene rings is 1. The lowest BCUT2D eigenvalue weighted by Gasteiger charge is -2.38. The van der Waals surface area contributed by atoms with Crippen LogP contribution in [0.4, 0.5) is 5.69 Å². The third-order valence-corrected chi connectivity index (χ3v) is 5.06. The summed E-state index contributed by atoms with van der Waals surface area (Å²) >= 11 is 0. The summed E-state index contributed by atoms with van der Waals surface area (Å²) in [5.41, 5.74) is 3.30. The van der Waals surface area contributed by atoms with E-state index in [4.69, 9.17) is 9.26 Å². The van der Waals surface area contributed by atoms with Gasteiger partial charge in [0, 0.05) is 45.3 Å². The van der Waals surface area contributed by atoms with Crippen LogP contribution in [0.3, 0.4) is 0 Å². The summed E-state index contributed by atoms with van der Waals surface area (Å²) in [5, 5.41) is 7.49. The molecule has 1 saturated heterocycles. The molecule has 146 valence electrons. The smallest absolute Gasteiger partial charge is 0.193 e. The number of hydrogen-bond donors (Lipinski definition) is 1. The Morgan fingerprint density at radius 3 is 2.59 bits per heavy atom. The van der Waals surface area contributed by atoms with Crippen LogP contribution >= 0.6 is 0 Å². The zero-order valence-electron chi connectivity index (χ0n) is 16.7. The molecule has 0 radical (unpaired) electrons. The van der Waals surface area contributed by atoms with E-state index in [9.17, 15) is 0 Å². The van der Waals surface area contributed by atoms with E-state index in [0.717, 1.165) is 68.0 Å². The van der Waals surface area contributed by atoms with Crippen LogP contribution in [0.15, 0.2) is 33.8 Å². The van der Waals surface area contributed by atoms with E-state index in [0.29, 0.717) is 0 Å². The van der Waals surface area contributed by atoms with Crippen LogP contribution in [-0.4, -0.2) is 62.9 Å². The van der Waals surface area contributed by atoms with Crippen molar-refractivity contribution in [2.45, 2.75) is 20.3 Å². The lowest BCUT2D eigenvalue weighted by molar-refractivity contribution is 0.367. The number of rotatable bonds is 5. The molecule has 0 amide bonds. The molecule has 1 aromatic heterocycles. The van der Waals surface area contributed by atoms with Crippen LogP contribution in [0.25, 0.3) is 0 Å². The Morgan fingerprint density at radius 1 is 1.22 bits per heavy atom. The molecule has 7 nitrogen and oxygen atoms in total. The number of guanidine groups is 1. The molecule has 1 aliphatic rings. The predicted octanol–water partition coefficient (Wildman–Crippen LogP) is 2.24. The molecule has 1 N–H and O–H groups in total. The van der Waals surface area contributed by atoms with Crippen LogP contribution in [0, 0.1) is 13.8 Å². The summed E-state index contributed by atoms with van der Waals surface area (Å²) in [4.78, 5) is 9.13. The highest BCUT2D eigenvalue weighted by Crippen LogP contribution is 2.28. The first-order valence-corrected chi connectivity index (χ1v) is 9.39. The molecule has 0 bridgehead atoms. The van der Waals surface area contributed by atoms with E-state index in [2.05, 4.69) is 37.4 Å². The Morgan fingerprint density at radius 2 is 1.96 bits per heavy atom. The third kappa shape index (κ3) is 4.35. The summed E-state index contributed by atoms with van der Waals surface area (Å²) in [6, 6.07) is 8.19. The fourth-order valence-electron chi connectivity index (χ4n) is 3.54. The van der Waals surface area contributed by atoms with Crippen LogP contribution in [0.5, 0.6) is 5.75 Å². The lowest BCUT2D eigenvalue weighted by Crippen LogP contribution is -2.52. The molecule has 7 heteroatoms. The van der Waals surface area contributed by atoms with E-state index < -0.39 is 0 Å². The van der Waals surface area contributed by atoms with Gasteiger partial charge in [0.15, 0.2) is 5.96 Å². The molecule has 27 heavy (non-hydrogen) atoms. The molecule has 2 aromatic rings. The molecule has 1 aliphatic heterocycles. The summed E-state index contributed by atoms with van der Waals surface area (Å²) in [5.74, 6) is 2.77. The highest BCUT2D eigenvalue weighted by atomic mass is 16.5. The first kappa shape index (κ1) is 19.1. The maximum Gasteiger partial charge on any atom is 0.193 e. The highest BCUT2D eigenvalue weighted by molar-refractivity contribution is 5.80. The number of anilines is 1. The Kier molecular flexibility index (Phi) is 6.21. The molecule has 0 atom stereocenters. The average molecular weight is 371 g/mol. The fourth-order valence-corrected chi connectivity index (χ4v) is 3.54.